The smallest absolute Gasteiger partial charge is 0.255 e. The molecule has 0 aliphatic carbocycles. The summed E-state index contributed by atoms with van der Waals surface area (Å²) in [6.45, 7) is 1.78. The Morgan fingerprint density at radius 1 is 1.34 bits per heavy atom. The Hall–Kier alpha value is -1.31. The van der Waals surface area contributed by atoms with Crippen molar-refractivity contribution in [2.75, 3.05) is 19.7 Å². The van der Waals surface area contributed by atoms with Crippen molar-refractivity contribution in [1.29, 1.82) is 0 Å². The molecule has 1 aliphatic rings. The predicted molar refractivity (Wildman–Crippen MR) is 118 cm³/mol. The Kier molecular flexibility index (Phi) is 6.66. The second kappa shape index (κ2) is 9.23. The molecule has 0 N–H and O–H groups in total. The molecule has 3 aromatic rings. The zero-order valence-electron chi connectivity index (χ0n) is 15.6. The van der Waals surface area contributed by atoms with Crippen LogP contribution >= 0.6 is 46.1 Å². The largest absolute Gasteiger partial charge is 0.376 e. The van der Waals surface area contributed by atoms with Gasteiger partial charge in [0.05, 0.1) is 11.8 Å². The molecule has 5 nitrogen and oxygen atoms in total. The lowest BCUT2D eigenvalue weighted by Crippen LogP contribution is -2.41. The van der Waals surface area contributed by atoms with Crippen LogP contribution in [0.5, 0.6) is 0 Å². The average molecular weight is 473 g/mol. The number of hydrogen-bond donors (Lipinski definition) is 0. The molecule has 0 radical (unpaired) electrons. The predicted octanol–water partition coefficient (Wildman–Crippen LogP) is 5.07. The van der Waals surface area contributed by atoms with Crippen molar-refractivity contribution in [1.82, 2.24) is 14.3 Å². The summed E-state index contributed by atoms with van der Waals surface area (Å²) in [5.74, 6) is -0.275. The minimum absolute atomic E-state index is 0.0540. The van der Waals surface area contributed by atoms with Gasteiger partial charge in [0.25, 0.3) is 5.91 Å². The molecule has 0 bridgehead atoms. The van der Waals surface area contributed by atoms with Gasteiger partial charge in [-0.1, -0.05) is 46.9 Å². The third-order valence-corrected chi connectivity index (χ3v) is 6.52. The first-order valence-electron chi connectivity index (χ1n) is 9.41. The van der Waals surface area contributed by atoms with Crippen molar-refractivity contribution in [3.63, 3.8) is 0 Å². The Balaban J connectivity index is 1.49. The van der Waals surface area contributed by atoms with E-state index in [4.69, 9.17) is 44.5 Å². The highest BCUT2D eigenvalue weighted by molar-refractivity contribution is 7.15. The zero-order valence-corrected chi connectivity index (χ0v) is 18.6. The SMILES string of the molecule is O=C(C(Cl)Cl)N(CCc1csc2nc(-c3ccc(Cl)cc3)cn12)CC1CCCO1. The van der Waals surface area contributed by atoms with Crippen molar-refractivity contribution in [3.05, 3.63) is 46.6 Å². The van der Waals surface area contributed by atoms with Crippen LogP contribution in [-0.2, 0) is 16.0 Å². The van der Waals surface area contributed by atoms with E-state index in [9.17, 15) is 4.79 Å². The van der Waals surface area contributed by atoms with Gasteiger partial charge in [-0.05, 0) is 25.0 Å². The van der Waals surface area contributed by atoms with Crippen molar-refractivity contribution >= 4 is 57.0 Å². The van der Waals surface area contributed by atoms with E-state index in [1.165, 1.54) is 0 Å². The topological polar surface area (TPSA) is 46.8 Å². The maximum absolute atomic E-state index is 12.4. The molecule has 154 valence electrons. The second-order valence-corrected chi connectivity index (χ2v) is 9.35. The number of thiazole rings is 1. The van der Waals surface area contributed by atoms with Gasteiger partial charge in [0, 0.05) is 54.0 Å². The monoisotopic (exact) mass is 471 g/mol. The summed E-state index contributed by atoms with van der Waals surface area (Å²) in [6.07, 6.45) is 4.72. The molecule has 3 heterocycles. The number of benzene rings is 1. The third-order valence-electron chi connectivity index (χ3n) is 5.01. The number of rotatable bonds is 7. The van der Waals surface area contributed by atoms with Gasteiger partial charge in [0.15, 0.2) is 9.80 Å². The Morgan fingerprint density at radius 3 is 2.83 bits per heavy atom. The number of ether oxygens (including phenoxy) is 1. The van der Waals surface area contributed by atoms with Crippen molar-refractivity contribution in [2.24, 2.45) is 0 Å². The number of halogens is 3. The van der Waals surface area contributed by atoms with Gasteiger partial charge >= 0.3 is 0 Å². The van der Waals surface area contributed by atoms with Crippen LogP contribution in [0.1, 0.15) is 18.5 Å². The number of aromatic nitrogens is 2. The first-order valence-corrected chi connectivity index (χ1v) is 11.5. The van der Waals surface area contributed by atoms with Crippen LogP contribution < -0.4 is 0 Å². The second-order valence-electron chi connectivity index (χ2n) is 6.98. The lowest BCUT2D eigenvalue weighted by Gasteiger charge is -2.25. The molecule has 1 aromatic carbocycles. The van der Waals surface area contributed by atoms with Crippen LogP contribution in [0.4, 0.5) is 0 Å². The van der Waals surface area contributed by atoms with Crippen LogP contribution in [0.15, 0.2) is 35.8 Å². The summed E-state index contributed by atoms with van der Waals surface area (Å²) in [7, 11) is 0. The molecule has 1 atom stereocenters. The van der Waals surface area contributed by atoms with E-state index in [-0.39, 0.29) is 12.0 Å². The van der Waals surface area contributed by atoms with Gasteiger partial charge < -0.3 is 9.64 Å². The standard InChI is InChI=1S/C20H20Cl3N3O2S/c21-14-5-3-13(4-6-14)17-11-26-15(12-29-20(26)24-17)7-8-25(19(27)18(22)23)10-16-2-1-9-28-16/h3-6,11-12,16,18H,1-2,7-10H2. The van der Waals surface area contributed by atoms with E-state index < -0.39 is 4.84 Å². The summed E-state index contributed by atoms with van der Waals surface area (Å²) in [5, 5.41) is 2.77. The summed E-state index contributed by atoms with van der Waals surface area (Å²) in [4.78, 5) is 18.7. The number of alkyl halides is 2. The molecule has 1 fully saturated rings. The quantitative estimate of drug-likeness (QED) is 0.451. The highest BCUT2D eigenvalue weighted by Crippen LogP contribution is 2.25. The number of amides is 1. The van der Waals surface area contributed by atoms with Crippen molar-refractivity contribution in [2.45, 2.75) is 30.2 Å². The highest BCUT2D eigenvalue weighted by Gasteiger charge is 2.26. The molecule has 0 spiro atoms. The normalized spacial score (nSPS) is 16.8. The van der Waals surface area contributed by atoms with Crippen molar-refractivity contribution in [3.8, 4) is 11.3 Å². The lowest BCUT2D eigenvalue weighted by atomic mass is 10.2. The number of nitrogens with zero attached hydrogens (tertiary/aromatic N) is 3. The maximum Gasteiger partial charge on any atom is 0.255 e. The molecule has 9 heteroatoms. The molecule has 1 aliphatic heterocycles. The maximum atomic E-state index is 12.4. The third kappa shape index (κ3) is 4.89. The van der Waals surface area contributed by atoms with Gasteiger partial charge in [-0.15, -0.1) is 11.3 Å². The van der Waals surface area contributed by atoms with Crippen molar-refractivity contribution < 1.29 is 9.53 Å². The lowest BCUT2D eigenvalue weighted by molar-refractivity contribution is -0.130. The van der Waals surface area contributed by atoms with E-state index in [2.05, 4.69) is 9.78 Å². The van der Waals surface area contributed by atoms with E-state index in [1.54, 1.807) is 16.2 Å². The van der Waals surface area contributed by atoms with E-state index in [0.29, 0.717) is 24.5 Å². The van der Waals surface area contributed by atoms with Crippen LogP contribution in [0.3, 0.4) is 0 Å². The number of carbonyl (C=O) groups excluding carboxylic acids is 1. The van der Waals surface area contributed by atoms with Crippen LogP contribution in [0, 0.1) is 0 Å². The van der Waals surface area contributed by atoms with Gasteiger partial charge in [0.2, 0.25) is 0 Å². The molecule has 1 saturated heterocycles. The fraction of sp³-hybridized carbons (Fsp3) is 0.400. The first-order chi connectivity index (χ1) is 14.0. The minimum atomic E-state index is -1.07. The number of hydrogen-bond acceptors (Lipinski definition) is 4. The molecular weight excluding hydrogens is 453 g/mol. The summed E-state index contributed by atoms with van der Waals surface area (Å²) >= 11 is 19.3. The van der Waals surface area contributed by atoms with Crippen LogP contribution in [0.2, 0.25) is 5.02 Å². The fourth-order valence-electron chi connectivity index (χ4n) is 3.48. The summed E-state index contributed by atoms with van der Waals surface area (Å²) in [6, 6.07) is 7.62. The molecule has 4 rings (SSSR count). The van der Waals surface area contributed by atoms with E-state index in [0.717, 1.165) is 41.4 Å². The molecule has 29 heavy (non-hydrogen) atoms. The summed E-state index contributed by atoms with van der Waals surface area (Å²) < 4.78 is 7.75. The molecule has 0 saturated carbocycles. The first kappa shape index (κ1) is 20.9. The highest BCUT2D eigenvalue weighted by atomic mass is 35.5. The Bertz CT molecular complexity index is 981. The van der Waals surface area contributed by atoms with Crippen LogP contribution in [0.25, 0.3) is 16.2 Å². The van der Waals surface area contributed by atoms with Crippen LogP contribution in [-0.4, -0.2) is 50.8 Å². The van der Waals surface area contributed by atoms with Gasteiger partial charge in [-0.3, -0.25) is 9.20 Å². The molecule has 1 amide bonds. The Labute approximate surface area is 188 Å². The zero-order chi connectivity index (χ0) is 20.4. The number of carbonyl (C=O) groups is 1. The average Bonchev–Trinajstić information content (AvgIpc) is 3.43. The number of imidazole rings is 1. The van der Waals surface area contributed by atoms with E-state index >= 15 is 0 Å². The van der Waals surface area contributed by atoms with Gasteiger partial charge in [-0.25, -0.2) is 4.98 Å². The van der Waals surface area contributed by atoms with Gasteiger partial charge in [-0.2, -0.15) is 0 Å². The minimum Gasteiger partial charge on any atom is -0.376 e. The molecule has 2 aromatic heterocycles. The van der Waals surface area contributed by atoms with E-state index in [1.807, 2.05) is 30.5 Å². The summed E-state index contributed by atoms with van der Waals surface area (Å²) in [5.41, 5.74) is 2.99. The molecule has 1 unspecified atom stereocenters. The Morgan fingerprint density at radius 2 is 2.14 bits per heavy atom. The fourth-order valence-corrected chi connectivity index (χ4v) is 4.79. The number of fused-ring (bicyclic) bond motifs is 1. The van der Waals surface area contributed by atoms with Gasteiger partial charge in [0.1, 0.15) is 0 Å². The molecular formula is C20H20Cl3N3O2S.